The molecule has 0 spiro atoms. The van der Waals surface area contributed by atoms with Gasteiger partial charge in [-0.2, -0.15) is 0 Å². The van der Waals surface area contributed by atoms with Crippen molar-refractivity contribution in [2.75, 3.05) is 0 Å². The van der Waals surface area contributed by atoms with Gasteiger partial charge in [-0.1, -0.05) is 125 Å². The van der Waals surface area contributed by atoms with Crippen molar-refractivity contribution in [3.63, 3.8) is 0 Å². The molecule has 5 heteroatoms. The number of para-hydroxylation sites is 1. The van der Waals surface area contributed by atoms with Gasteiger partial charge in [-0.3, -0.25) is 0 Å². The lowest BCUT2D eigenvalue weighted by molar-refractivity contribution is 0.299. The Hall–Kier alpha value is -5.65. The van der Waals surface area contributed by atoms with Gasteiger partial charge in [-0.25, -0.2) is 15.0 Å². The first-order chi connectivity index (χ1) is 24.3. The predicted octanol–water partition coefficient (Wildman–Crippen LogP) is 12.4. The molecule has 1 aliphatic rings. The molecule has 6 aromatic carbocycles. The van der Waals surface area contributed by atoms with Gasteiger partial charge in [0, 0.05) is 47.6 Å². The lowest BCUT2D eigenvalue weighted by Crippen LogP contribution is -2.43. The molecule has 0 radical (unpaired) electrons. The zero-order chi connectivity index (χ0) is 33.8. The average Bonchev–Trinajstić information content (AvgIpc) is 3.72. The largest absolute Gasteiger partial charge is 0.456 e. The van der Waals surface area contributed by atoms with Crippen LogP contribution in [0.4, 0.5) is 0 Å². The molecule has 240 valence electrons. The molecule has 3 heterocycles. The molecule has 0 fully saturated rings. The topological polar surface area (TPSA) is 51.8 Å². The normalized spacial score (nSPS) is 14.7. The Morgan fingerprint density at radius 2 is 1.16 bits per heavy atom. The molecule has 0 saturated heterocycles. The van der Waals surface area contributed by atoms with Crippen LogP contribution in [0.25, 0.3) is 87.4 Å². The van der Waals surface area contributed by atoms with Crippen molar-refractivity contribution in [2.45, 2.75) is 38.5 Å². The summed E-state index contributed by atoms with van der Waals surface area (Å²) < 4.78 is 8.91. The van der Waals surface area contributed by atoms with E-state index in [4.69, 9.17) is 19.4 Å². The monoisotopic (exact) mass is 663 g/mol. The van der Waals surface area contributed by atoms with Crippen LogP contribution in [0, 0.1) is 0 Å². The van der Waals surface area contributed by atoms with Gasteiger partial charge in [-0.05, 0) is 63.4 Å². The van der Waals surface area contributed by atoms with Gasteiger partial charge in [-0.15, -0.1) is 11.3 Å². The van der Waals surface area contributed by atoms with E-state index in [9.17, 15) is 0 Å². The highest BCUT2D eigenvalue weighted by molar-refractivity contribution is 7.26. The zero-order valence-corrected chi connectivity index (χ0v) is 29.1. The van der Waals surface area contributed by atoms with E-state index in [1.165, 1.54) is 42.4 Å². The third-order valence-corrected chi connectivity index (χ3v) is 12.4. The summed E-state index contributed by atoms with van der Waals surface area (Å²) in [5, 5.41) is 4.74. The number of fused-ring (bicyclic) bond motifs is 10. The smallest absolute Gasteiger partial charge is 0.164 e. The number of rotatable bonds is 3. The van der Waals surface area contributed by atoms with Crippen molar-refractivity contribution in [3.05, 3.63) is 139 Å². The minimum absolute atomic E-state index is 0.136. The highest BCUT2D eigenvalue weighted by Gasteiger charge is 2.46. The SMILES string of the molecule is CC1(C)c2cc(-c3nc(-c4ccccc4)nc(-c4cccc5oc6ccccc6c45)n3)ccc2-c2c(ccc3sc4ccccc4c23)C1(C)C. The van der Waals surface area contributed by atoms with Crippen LogP contribution < -0.4 is 0 Å². The maximum absolute atomic E-state index is 6.26. The van der Waals surface area contributed by atoms with Crippen LogP contribution in [0.3, 0.4) is 0 Å². The van der Waals surface area contributed by atoms with Gasteiger partial charge in [0.2, 0.25) is 0 Å². The van der Waals surface area contributed by atoms with Gasteiger partial charge in [0.1, 0.15) is 11.2 Å². The summed E-state index contributed by atoms with van der Waals surface area (Å²) in [4.78, 5) is 15.5. The summed E-state index contributed by atoms with van der Waals surface area (Å²) in [7, 11) is 0. The van der Waals surface area contributed by atoms with Crippen molar-refractivity contribution in [2.24, 2.45) is 0 Å². The maximum atomic E-state index is 6.26. The van der Waals surface area contributed by atoms with Gasteiger partial charge in [0.15, 0.2) is 17.5 Å². The molecule has 3 aromatic heterocycles. The molecular weight excluding hydrogens is 631 g/mol. The van der Waals surface area contributed by atoms with Crippen LogP contribution in [-0.2, 0) is 10.8 Å². The molecule has 4 nitrogen and oxygen atoms in total. The van der Waals surface area contributed by atoms with Crippen molar-refractivity contribution in [3.8, 4) is 45.3 Å². The molecule has 1 aliphatic carbocycles. The Morgan fingerprint density at radius 3 is 2.00 bits per heavy atom. The molecule has 0 amide bonds. The maximum Gasteiger partial charge on any atom is 0.164 e. The Bertz CT molecular complexity index is 2820. The molecule has 0 aliphatic heterocycles. The number of thiophene rings is 1. The molecule has 0 saturated carbocycles. The number of aromatic nitrogens is 3. The van der Waals surface area contributed by atoms with E-state index >= 15 is 0 Å². The number of benzene rings is 6. The standard InChI is InChI=1S/C45H33N3OS/c1-44(2)32-23-24-37-40(30-16-9-11-20-36(30)50-37)39(32)28-22-21-27(25-33(28)45(44,3)4)42-46-41(26-13-6-5-7-14-26)47-43(48-42)31-17-12-19-35-38(31)29-15-8-10-18-34(29)49-35/h5-25H,1-4H3. The molecule has 0 N–H and O–H groups in total. The van der Waals surface area contributed by atoms with E-state index < -0.39 is 0 Å². The second-order valence-corrected chi connectivity index (χ2v) is 15.5. The Morgan fingerprint density at radius 1 is 0.480 bits per heavy atom. The molecule has 10 rings (SSSR count). The zero-order valence-electron chi connectivity index (χ0n) is 28.3. The molecule has 50 heavy (non-hydrogen) atoms. The predicted molar refractivity (Wildman–Crippen MR) is 208 cm³/mol. The number of nitrogens with zero attached hydrogens (tertiary/aromatic N) is 3. The summed E-state index contributed by atoms with van der Waals surface area (Å²) in [6.07, 6.45) is 0. The van der Waals surface area contributed by atoms with Gasteiger partial charge >= 0.3 is 0 Å². The van der Waals surface area contributed by atoms with Gasteiger partial charge < -0.3 is 4.42 Å². The van der Waals surface area contributed by atoms with E-state index in [2.05, 4.69) is 107 Å². The first kappa shape index (κ1) is 29.3. The summed E-state index contributed by atoms with van der Waals surface area (Å²) in [6, 6.07) is 44.8. The lowest BCUT2D eigenvalue weighted by Gasteiger charge is -2.48. The minimum atomic E-state index is -0.176. The third-order valence-electron chi connectivity index (χ3n) is 11.3. The summed E-state index contributed by atoms with van der Waals surface area (Å²) in [6.45, 7) is 9.55. The molecular formula is C45H33N3OS. The van der Waals surface area contributed by atoms with Crippen LogP contribution in [0.15, 0.2) is 132 Å². The second-order valence-electron chi connectivity index (χ2n) is 14.4. The molecule has 0 atom stereocenters. The highest BCUT2D eigenvalue weighted by Crippen LogP contribution is 2.57. The molecule has 9 aromatic rings. The lowest BCUT2D eigenvalue weighted by atomic mass is 9.55. The van der Waals surface area contributed by atoms with Crippen LogP contribution in [0.2, 0.25) is 0 Å². The van der Waals surface area contributed by atoms with Gasteiger partial charge in [0.05, 0.1) is 0 Å². The van der Waals surface area contributed by atoms with Crippen LogP contribution >= 0.6 is 11.3 Å². The number of hydrogen-bond donors (Lipinski definition) is 0. The number of hydrogen-bond acceptors (Lipinski definition) is 5. The summed E-state index contributed by atoms with van der Waals surface area (Å²) in [5.41, 5.74) is 9.54. The van der Waals surface area contributed by atoms with Crippen LogP contribution in [0.5, 0.6) is 0 Å². The Labute approximate surface area is 294 Å². The van der Waals surface area contributed by atoms with Crippen molar-refractivity contribution in [1.29, 1.82) is 0 Å². The quantitative estimate of drug-likeness (QED) is 0.189. The molecule has 0 bridgehead atoms. The highest BCUT2D eigenvalue weighted by atomic mass is 32.1. The summed E-state index contributed by atoms with van der Waals surface area (Å²) >= 11 is 1.88. The van der Waals surface area contributed by atoms with Crippen molar-refractivity contribution >= 4 is 53.4 Å². The minimum Gasteiger partial charge on any atom is -0.456 e. The fraction of sp³-hybridized carbons (Fsp3) is 0.133. The summed E-state index contributed by atoms with van der Waals surface area (Å²) in [5.74, 6) is 1.92. The Kier molecular flexibility index (Phi) is 6.11. The van der Waals surface area contributed by atoms with E-state index in [1.54, 1.807) is 0 Å². The number of furan rings is 1. The first-order valence-electron chi connectivity index (χ1n) is 17.1. The van der Waals surface area contributed by atoms with E-state index in [0.717, 1.165) is 38.6 Å². The fourth-order valence-corrected chi connectivity index (χ4v) is 9.13. The third kappa shape index (κ3) is 4.07. The van der Waals surface area contributed by atoms with E-state index in [-0.39, 0.29) is 10.8 Å². The second kappa shape index (κ2) is 10.4. The van der Waals surface area contributed by atoms with Crippen molar-refractivity contribution in [1.82, 2.24) is 15.0 Å². The molecule has 0 unspecified atom stereocenters. The van der Waals surface area contributed by atoms with Gasteiger partial charge in [0.25, 0.3) is 0 Å². The van der Waals surface area contributed by atoms with Crippen molar-refractivity contribution < 1.29 is 4.42 Å². The van der Waals surface area contributed by atoms with Crippen LogP contribution in [-0.4, -0.2) is 15.0 Å². The van der Waals surface area contributed by atoms with E-state index in [0.29, 0.717) is 17.5 Å². The van der Waals surface area contributed by atoms with Crippen LogP contribution in [0.1, 0.15) is 38.8 Å². The fourth-order valence-electron chi connectivity index (χ4n) is 8.01. The Balaban J connectivity index is 1.23. The first-order valence-corrected chi connectivity index (χ1v) is 17.9. The average molecular weight is 664 g/mol. The van der Waals surface area contributed by atoms with E-state index in [1.807, 2.05) is 59.9 Å².